The fourth-order valence-electron chi connectivity index (χ4n) is 3.21. The predicted octanol–water partition coefficient (Wildman–Crippen LogP) is 1.95. The molecule has 0 bridgehead atoms. The molecule has 0 atom stereocenters. The molecule has 0 aliphatic carbocycles. The second-order valence-electron chi connectivity index (χ2n) is 5.88. The van der Waals surface area contributed by atoms with Gasteiger partial charge in [0.2, 0.25) is 0 Å². The van der Waals surface area contributed by atoms with E-state index in [2.05, 4.69) is 110 Å². The van der Waals surface area contributed by atoms with Gasteiger partial charge in [-0.1, -0.05) is 73.7 Å². The number of rotatable bonds is 6. The minimum atomic E-state index is -1.67. The minimum absolute atomic E-state index is 0. The highest BCUT2D eigenvalue weighted by molar-refractivity contribution is 7.95. The van der Waals surface area contributed by atoms with Crippen molar-refractivity contribution in [3.63, 3.8) is 0 Å². The molecule has 0 aliphatic heterocycles. The van der Waals surface area contributed by atoms with Crippen LogP contribution in [0.2, 0.25) is 0 Å². The smallest absolute Gasteiger partial charge is 0.115 e. The molecule has 0 saturated heterocycles. The molecule has 0 unspecified atom stereocenters. The van der Waals surface area contributed by atoms with Gasteiger partial charge < -0.3 is 17.0 Å². The van der Waals surface area contributed by atoms with Crippen molar-refractivity contribution in [1.82, 2.24) is 0 Å². The molecule has 0 amide bonds. The molecule has 3 aromatic rings. The second kappa shape index (κ2) is 9.70. The summed E-state index contributed by atoms with van der Waals surface area (Å²) >= 11 is 0. The maximum absolute atomic E-state index is 2.38. The molecule has 0 aromatic heterocycles. The van der Waals surface area contributed by atoms with E-state index in [4.69, 9.17) is 0 Å². The molecule has 25 heavy (non-hydrogen) atoms. The van der Waals surface area contributed by atoms with E-state index in [0.717, 1.165) is 12.6 Å². The summed E-state index contributed by atoms with van der Waals surface area (Å²) in [6, 6.07) is 33.1. The first kappa shape index (κ1) is 19.6. The van der Waals surface area contributed by atoms with Gasteiger partial charge in [-0.3, -0.25) is 0 Å². The van der Waals surface area contributed by atoms with Gasteiger partial charge in [-0.05, 0) is 42.8 Å². The Morgan fingerprint density at radius 1 is 0.600 bits per heavy atom. The van der Waals surface area contributed by atoms with Crippen LogP contribution in [0.5, 0.6) is 0 Å². The first-order valence-corrected chi connectivity index (χ1v) is 10.6. The molecule has 0 nitrogen and oxygen atoms in total. The van der Waals surface area contributed by atoms with Crippen molar-refractivity contribution < 1.29 is 17.0 Å². The quantitative estimate of drug-likeness (QED) is 0.430. The molecular weight excluding hydrogens is 387 g/mol. The largest absolute Gasteiger partial charge is 1.00 e. The maximum atomic E-state index is 2.38. The molecule has 0 radical (unpaired) electrons. The molecule has 0 heterocycles. The summed E-state index contributed by atoms with van der Waals surface area (Å²) < 4.78 is 0. The molecular formula is C23H24BrP. The Balaban J connectivity index is 0.00000225. The maximum Gasteiger partial charge on any atom is 0.115 e. The highest BCUT2D eigenvalue weighted by Crippen LogP contribution is 2.55. The Morgan fingerprint density at radius 3 is 1.28 bits per heavy atom. The van der Waals surface area contributed by atoms with Crippen LogP contribution in [0.15, 0.2) is 103 Å². The van der Waals surface area contributed by atoms with Crippen molar-refractivity contribution in [2.75, 3.05) is 6.16 Å². The van der Waals surface area contributed by atoms with Crippen molar-refractivity contribution in [1.29, 1.82) is 0 Å². The van der Waals surface area contributed by atoms with Gasteiger partial charge in [0.05, 0.1) is 6.16 Å². The number of hydrogen-bond acceptors (Lipinski definition) is 0. The predicted molar refractivity (Wildman–Crippen MR) is 109 cm³/mol. The van der Waals surface area contributed by atoms with Gasteiger partial charge in [-0.25, -0.2) is 0 Å². The molecule has 0 saturated carbocycles. The Bertz CT molecular complexity index is 670. The van der Waals surface area contributed by atoms with Gasteiger partial charge in [0, 0.05) is 0 Å². The third kappa shape index (κ3) is 4.29. The monoisotopic (exact) mass is 410 g/mol. The zero-order valence-corrected chi connectivity index (χ0v) is 17.0. The Hall–Kier alpha value is -1.69. The van der Waals surface area contributed by atoms with Crippen LogP contribution in [0, 0.1) is 0 Å². The summed E-state index contributed by atoms with van der Waals surface area (Å²) in [6.07, 6.45) is 6.82. The SMILES string of the molecule is CCC=CC[P+](c1ccccc1)(c1ccccc1)c1ccccc1.[Br-]. The molecule has 0 fully saturated rings. The normalized spacial score (nSPS) is 11.2. The number of halogens is 1. The highest BCUT2D eigenvalue weighted by Gasteiger charge is 2.43. The van der Waals surface area contributed by atoms with Crippen molar-refractivity contribution in [3.8, 4) is 0 Å². The second-order valence-corrected chi connectivity index (χ2v) is 9.41. The van der Waals surface area contributed by atoms with Crippen molar-refractivity contribution in [3.05, 3.63) is 103 Å². The van der Waals surface area contributed by atoms with Gasteiger partial charge >= 0.3 is 0 Å². The van der Waals surface area contributed by atoms with Crippen LogP contribution in [0.25, 0.3) is 0 Å². The van der Waals surface area contributed by atoms with Gasteiger partial charge in [0.1, 0.15) is 23.2 Å². The summed E-state index contributed by atoms with van der Waals surface area (Å²) in [6.45, 7) is 2.20. The summed E-state index contributed by atoms with van der Waals surface area (Å²) in [5.41, 5.74) is 0. The lowest BCUT2D eigenvalue weighted by Gasteiger charge is -2.26. The molecule has 2 heteroatoms. The number of allylic oxidation sites excluding steroid dienone is 2. The summed E-state index contributed by atoms with van der Waals surface area (Å²) in [5.74, 6) is 0. The van der Waals surface area contributed by atoms with Crippen LogP contribution in [-0.2, 0) is 0 Å². The summed E-state index contributed by atoms with van der Waals surface area (Å²) in [4.78, 5) is 0. The fraction of sp³-hybridized carbons (Fsp3) is 0.130. The van der Waals surface area contributed by atoms with Crippen LogP contribution >= 0.6 is 7.26 Å². The van der Waals surface area contributed by atoms with Crippen molar-refractivity contribution in [2.24, 2.45) is 0 Å². The zero-order chi connectivity index (χ0) is 16.7. The van der Waals surface area contributed by atoms with E-state index in [9.17, 15) is 0 Å². The van der Waals surface area contributed by atoms with E-state index in [1.807, 2.05) is 0 Å². The Morgan fingerprint density at radius 2 is 0.960 bits per heavy atom. The van der Waals surface area contributed by atoms with E-state index in [1.165, 1.54) is 15.9 Å². The number of benzene rings is 3. The van der Waals surface area contributed by atoms with E-state index < -0.39 is 7.26 Å². The first-order valence-electron chi connectivity index (χ1n) is 8.58. The lowest BCUT2D eigenvalue weighted by Crippen LogP contribution is -3.00. The molecule has 3 aromatic carbocycles. The topological polar surface area (TPSA) is 0 Å². The summed E-state index contributed by atoms with van der Waals surface area (Å²) in [5, 5.41) is 4.34. The summed E-state index contributed by atoms with van der Waals surface area (Å²) in [7, 11) is -1.67. The van der Waals surface area contributed by atoms with E-state index in [1.54, 1.807) is 0 Å². The molecule has 3 rings (SSSR count). The van der Waals surface area contributed by atoms with Crippen LogP contribution in [0.1, 0.15) is 13.3 Å². The third-order valence-corrected chi connectivity index (χ3v) is 8.67. The van der Waals surface area contributed by atoms with Gasteiger partial charge in [-0.15, -0.1) is 0 Å². The third-order valence-electron chi connectivity index (χ3n) is 4.37. The van der Waals surface area contributed by atoms with Crippen LogP contribution in [0.3, 0.4) is 0 Å². The Kier molecular flexibility index (Phi) is 7.62. The molecule has 0 aliphatic rings. The fourth-order valence-corrected chi connectivity index (χ4v) is 7.25. The van der Waals surface area contributed by atoms with Crippen LogP contribution in [-0.4, -0.2) is 6.16 Å². The van der Waals surface area contributed by atoms with Gasteiger partial charge in [0.25, 0.3) is 0 Å². The zero-order valence-electron chi connectivity index (χ0n) is 14.6. The van der Waals surface area contributed by atoms with Crippen LogP contribution < -0.4 is 32.9 Å². The van der Waals surface area contributed by atoms with Gasteiger partial charge in [0.15, 0.2) is 0 Å². The van der Waals surface area contributed by atoms with Crippen LogP contribution in [0.4, 0.5) is 0 Å². The average Bonchev–Trinajstić information content (AvgIpc) is 2.68. The number of hydrogen-bond donors (Lipinski definition) is 0. The van der Waals surface area contributed by atoms with Crippen molar-refractivity contribution in [2.45, 2.75) is 13.3 Å². The van der Waals surface area contributed by atoms with Crippen molar-refractivity contribution >= 4 is 23.2 Å². The lowest BCUT2D eigenvalue weighted by molar-refractivity contribution is -0.00000471. The van der Waals surface area contributed by atoms with E-state index >= 15 is 0 Å². The lowest BCUT2D eigenvalue weighted by atomic mass is 10.4. The van der Waals surface area contributed by atoms with E-state index in [-0.39, 0.29) is 17.0 Å². The van der Waals surface area contributed by atoms with E-state index in [0.29, 0.717) is 0 Å². The van der Waals surface area contributed by atoms with Gasteiger partial charge in [-0.2, -0.15) is 0 Å². The minimum Gasteiger partial charge on any atom is -1.00 e. The molecule has 128 valence electrons. The molecule has 0 N–H and O–H groups in total. The molecule has 0 spiro atoms. The first-order chi connectivity index (χ1) is 11.9. The average molecular weight is 411 g/mol. The highest BCUT2D eigenvalue weighted by atomic mass is 79.9. The standard InChI is InChI=1S/C23H24P.BrH/c1-2-3-13-20-24(21-14-7-4-8-15-21,22-16-9-5-10-17-22)23-18-11-6-12-19-23;/h3-19H,2,20H2,1H3;1H/q+1;/p-1. The Labute approximate surface area is 162 Å².